The van der Waals surface area contributed by atoms with Crippen molar-refractivity contribution in [2.45, 2.75) is 6.92 Å². The molecule has 5 aromatic carbocycles. The molecule has 0 N–H and O–H groups in total. The van der Waals surface area contributed by atoms with Crippen molar-refractivity contribution in [3.8, 4) is 11.1 Å². The lowest BCUT2D eigenvalue weighted by Crippen LogP contribution is -2.08. The Hall–Kier alpha value is -4.36. The van der Waals surface area contributed by atoms with Crippen molar-refractivity contribution in [2.75, 3.05) is 0 Å². The van der Waals surface area contributed by atoms with Crippen LogP contribution < -0.4 is 0 Å². The van der Waals surface area contributed by atoms with Crippen LogP contribution in [0.3, 0.4) is 0 Å². The van der Waals surface area contributed by atoms with Crippen molar-refractivity contribution in [2.24, 2.45) is 0 Å². The van der Waals surface area contributed by atoms with Crippen LogP contribution in [-0.2, 0) is 0 Å². The zero-order valence-corrected chi connectivity index (χ0v) is 19.2. The van der Waals surface area contributed by atoms with Crippen LogP contribution in [0.2, 0.25) is 0 Å². The molecule has 1 nitrogen and oxygen atoms in total. The van der Waals surface area contributed by atoms with Crippen LogP contribution in [0.15, 0.2) is 134 Å². The van der Waals surface area contributed by atoms with Gasteiger partial charge in [0, 0.05) is 18.1 Å². The molecule has 6 rings (SSSR count). The third-order valence-corrected chi connectivity index (χ3v) is 6.71. The van der Waals surface area contributed by atoms with Gasteiger partial charge < -0.3 is 4.90 Å². The lowest BCUT2D eigenvalue weighted by atomic mass is 9.90. The molecule has 1 aliphatic heterocycles. The zero-order chi connectivity index (χ0) is 23.1. The van der Waals surface area contributed by atoms with Crippen molar-refractivity contribution in [1.82, 2.24) is 4.90 Å². The summed E-state index contributed by atoms with van der Waals surface area (Å²) >= 11 is 0. The summed E-state index contributed by atoms with van der Waals surface area (Å²) in [5, 5.41) is 7.78. The molecular formula is C33H25N. The molecular weight excluding hydrogens is 410 g/mol. The lowest BCUT2D eigenvalue weighted by Gasteiger charge is -2.19. The highest BCUT2D eigenvalue weighted by Gasteiger charge is 2.11. The SMILES string of the molecule is C=C1C=CC=CN1/C=C(\C)c1ccc(-c2cc3ccc4ccccc4c3c3ccccc23)cc1. The van der Waals surface area contributed by atoms with Gasteiger partial charge in [-0.1, -0.05) is 97.6 Å². The quantitative estimate of drug-likeness (QED) is 0.255. The molecule has 34 heavy (non-hydrogen) atoms. The summed E-state index contributed by atoms with van der Waals surface area (Å²) in [6.07, 6.45) is 10.2. The minimum atomic E-state index is 0.966. The zero-order valence-electron chi connectivity index (χ0n) is 19.2. The standard InChI is InChI=1S/C33H25N/c1-23(22-34-20-8-7-9-24(34)2)25-14-16-27(17-15-25)32-21-28-19-18-26-10-3-4-11-29(26)33(28)31-13-6-5-12-30(31)32/h3-22H,2H2,1H3/b23-22+. The maximum atomic E-state index is 4.11. The van der Waals surface area contributed by atoms with E-state index in [1.54, 1.807) is 0 Å². The van der Waals surface area contributed by atoms with Crippen LogP contribution in [0.25, 0.3) is 49.0 Å². The van der Waals surface area contributed by atoms with E-state index in [4.69, 9.17) is 0 Å². The molecule has 0 aliphatic carbocycles. The summed E-state index contributed by atoms with van der Waals surface area (Å²) in [6.45, 7) is 6.26. The molecule has 162 valence electrons. The first-order chi connectivity index (χ1) is 16.7. The van der Waals surface area contributed by atoms with E-state index < -0.39 is 0 Å². The number of nitrogens with zero attached hydrogens (tertiary/aromatic N) is 1. The first kappa shape index (κ1) is 20.3. The normalized spacial score (nSPS) is 14.0. The van der Waals surface area contributed by atoms with Gasteiger partial charge in [-0.2, -0.15) is 0 Å². The Morgan fingerprint density at radius 3 is 2.24 bits per heavy atom. The summed E-state index contributed by atoms with van der Waals surface area (Å²) in [6, 6.07) is 33.2. The fourth-order valence-electron chi connectivity index (χ4n) is 4.93. The third kappa shape index (κ3) is 3.43. The Labute approximate surface area is 200 Å². The molecule has 0 saturated carbocycles. The molecule has 0 saturated heterocycles. The Bertz CT molecular complexity index is 1660. The van der Waals surface area contributed by atoms with Crippen LogP contribution in [0.1, 0.15) is 12.5 Å². The summed E-state index contributed by atoms with van der Waals surface area (Å²) in [7, 11) is 0. The van der Waals surface area contributed by atoms with Crippen LogP contribution in [-0.4, -0.2) is 4.90 Å². The number of fused-ring (bicyclic) bond motifs is 5. The molecule has 1 heterocycles. The Balaban J connectivity index is 1.46. The van der Waals surface area contributed by atoms with Gasteiger partial charge in [0.15, 0.2) is 0 Å². The van der Waals surface area contributed by atoms with E-state index in [2.05, 4.69) is 116 Å². The van der Waals surface area contributed by atoms with Crippen molar-refractivity contribution in [3.05, 3.63) is 139 Å². The van der Waals surface area contributed by atoms with Crippen molar-refractivity contribution in [1.29, 1.82) is 0 Å². The van der Waals surface area contributed by atoms with E-state index >= 15 is 0 Å². The summed E-state index contributed by atoms with van der Waals surface area (Å²) in [4.78, 5) is 2.06. The number of benzene rings is 5. The fourth-order valence-corrected chi connectivity index (χ4v) is 4.93. The van der Waals surface area contributed by atoms with E-state index in [0.29, 0.717) is 0 Å². The number of hydrogen-bond donors (Lipinski definition) is 0. The van der Waals surface area contributed by atoms with Crippen molar-refractivity contribution >= 4 is 37.9 Å². The molecule has 0 unspecified atom stereocenters. The lowest BCUT2D eigenvalue weighted by molar-refractivity contribution is 0.650. The number of rotatable bonds is 3. The Morgan fingerprint density at radius 1 is 0.735 bits per heavy atom. The largest absolute Gasteiger partial charge is 0.324 e. The smallest absolute Gasteiger partial charge is 0.0377 e. The molecule has 0 radical (unpaired) electrons. The minimum absolute atomic E-state index is 0.966. The molecule has 0 fully saturated rings. The molecule has 5 aromatic rings. The van der Waals surface area contributed by atoms with Gasteiger partial charge in [-0.15, -0.1) is 0 Å². The summed E-state index contributed by atoms with van der Waals surface area (Å²) in [5.74, 6) is 0. The number of allylic oxidation sites excluding steroid dienone is 4. The van der Waals surface area contributed by atoms with E-state index in [-0.39, 0.29) is 0 Å². The molecule has 0 atom stereocenters. The van der Waals surface area contributed by atoms with Crippen LogP contribution in [0.4, 0.5) is 0 Å². The monoisotopic (exact) mass is 435 g/mol. The third-order valence-electron chi connectivity index (χ3n) is 6.71. The first-order valence-corrected chi connectivity index (χ1v) is 11.6. The molecule has 0 bridgehead atoms. The average molecular weight is 436 g/mol. The Kier molecular flexibility index (Phi) is 4.89. The van der Waals surface area contributed by atoms with Gasteiger partial charge in [-0.3, -0.25) is 0 Å². The van der Waals surface area contributed by atoms with Gasteiger partial charge in [0.05, 0.1) is 0 Å². The van der Waals surface area contributed by atoms with Crippen molar-refractivity contribution in [3.63, 3.8) is 0 Å². The van der Waals surface area contributed by atoms with Crippen LogP contribution >= 0.6 is 0 Å². The van der Waals surface area contributed by atoms with Gasteiger partial charge in [0.25, 0.3) is 0 Å². The average Bonchev–Trinajstić information content (AvgIpc) is 2.89. The van der Waals surface area contributed by atoms with Crippen molar-refractivity contribution < 1.29 is 0 Å². The topological polar surface area (TPSA) is 3.24 Å². The maximum absolute atomic E-state index is 4.11. The highest BCUT2D eigenvalue weighted by Crippen LogP contribution is 2.38. The highest BCUT2D eigenvalue weighted by molar-refractivity contribution is 6.23. The molecule has 0 aromatic heterocycles. The Morgan fingerprint density at radius 2 is 1.44 bits per heavy atom. The molecule has 1 aliphatic rings. The maximum Gasteiger partial charge on any atom is 0.0377 e. The predicted molar refractivity (Wildman–Crippen MR) is 147 cm³/mol. The van der Waals surface area contributed by atoms with E-state index in [0.717, 1.165) is 5.70 Å². The van der Waals surface area contributed by atoms with E-state index in [1.807, 2.05) is 24.4 Å². The second-order valence-corrected chi connectivity index (χ2v) is 8.84. The number of hydrogen-bond acceptors (Lipinski definition) is 1. The van der Waals surface area contributed by atoms with Gasteiger partial charge in [0.1, 0.15) is 0 Å². The first-order valence-electron chi connectivity index (χ1n) is 11.6. The van der Waals surface area contributed by atoms with Gasteiger partial charge in [-0.25, -0.2) is 0 Å². The fraction of sp³-hybridized carbons (Fsp3) is 0.0303. The summed E-state index contributed by atoms with van der Waals surface area (Å²) in [5.41, 5.74) is 5.86. The van der Waals surface area contributed by atoms with Gasteiger partial charge >= 0.3 is 0 Å². The van der Waals surface area contributed by atoms with Gasteiger partial charge in [0.2, 0.25) is 0 Å². The second kappa shape index (κ2) is 8.20. The second-order valence-electron chi connectivity index (χ2n) is 8.84. The molecule has 1 heteroatoms. The van der Waals surface area contributed by atoms with E-state index in [9.17, 15) is 0 Å². The minimum Gasteiger partial charge on any atom is -0.324 e. The highest BCUT2D eigenvalue weighted by atomic mass is 15.1. The van der Waals surface area contributed by atoms with Crippen LogP contribution in [0.5, 0.6) is 0 Å². The van der Waals surface area contributed by atoms with Gasteiger partial charge in [-0.05, 0) is 79.7 Å². The van der Waals surface area contributed by atoms with Crippen LogP contribution in [0, 0.1) is 0 Å². The molecule has 0 amide bonds. The summed E-state index contributed by atoms with van der Waals surface area (Å²) < 4.78 is 0. The predicted octanol–water partition coefficient (Wildman–Crippen LogP) is 9.07. The van der Waals surface area contributed by atoms with E-state index in [1.165, 1.54) is 54.6 Å². The molecule has 0 spiro atoms.